The highest BCUT2D eigenvalue weighted by Crippen LogP contribution is 2.17. The van der Waals surface area contributed by atoms with Crippen LogP contribution < -0.4 is 15.4 Å². The number of benzene rings is 1. The molecule has 1 aromatic carbocycles. The van der Waals surface area contributed by atoms with Crippen molar-refractivity contribution in [3.63, 3.8) is 0 Å². The minimum absolute atomic E-state index is 0.158. The normalized spacial score (nSPS) is 11.6. The highest BCUT2D eigenvalue weighted by Gasteiger charge is 2.22. The summed E-state index contributed by atoms with van der Waals surface area (Å²) in [4.78, 5) is 35.0. The number of imide groups is 1. The van der Waals surface area contributed by atoms with E-state index in [1.165, 1.54) is 26.2 Å². The second kappa shape index (κ2) is 8.11. The average Bonchev–Trinajstić information content (AvgIpc) is 2.45. The smallest absolute Gasteiger partial charge is 0.341 e. The molecule has 0 aliphatic rings. The molecule has 1 aromatic rings. The number of halogens is 1. The number of nitrogens with one attached hydrogen (secondary N) is 2. The molecule has 23 heavy (non-hydrogen) atoms. The first-order valence-corrected chi connectivity index (χ1v) is 6.90. The molecule has 0 radical (unpaired) electrons. The third-order valence-corrected chi connectivity index (χ3v) is 2.71. The molecule has 126 valence electrons. The first-order valence-electron chi connectivity index (χ1n) is 6.90. The molecular formula is C15H19FN2O5. The van der Waals surface area contributed by atoms with Crippen LogP contribution in [0.4, 0.5) is 9.18 Å². The number of ether oxygens (including phenoxy) is 2. The molecule has 7 nitrogen and oxygen atoms in total. The molecule has 0 spiro atoms. The summed E-state index contributed by atoms with van der Waals surface area (Å²) in [6, 6.07) is 2.74. The first kappa shape index (κ1) is 18.4. The van der Waals surface area contributed by atoms with Gasteiger partial charge in [-0.2, -0.15) is 0 Å². The fraction of sp³-hybridized carbons (Fsp3) is 0.400. The van der Waals surface area contributed by atoms with Crippen LogP contribution in [0.1, 0.15) is 31.1 Å². The molecule has 0 fully saturated rings. The number of amides is 3. The van der Waals surface area contributed by atoms with E-state index in [0.29, 0.717) is 0 Å². The van der Waals surface area contributed by atoms with E-state index in [2.05, 4.69) is 5.32 Å². The summed E-state index contributed by atoms with van der Waals surface area (Å²) in [5.41, 5.74) is -0.336. The number of carbonyl (C=O) groups excluding carboxylic acids is 3. The summed E-state index contributed by atoms with van der Waals surface area (Å²) in [5.74, 6) is -2.42. The van der Waals surface area contributed by atoms with Crippen LogP contribution >= 0.6 is 0 Å². The van der Waals surface area contributed by atoms with Crippen molar-refractivity contribution in [3.8, 4) is 5.75 Å². The Kier molecular flexibility index (Phi) is 6.49. The van der Waals surface area contributed by atoms with Crippen molar-refractivity contribution >= 4 is 17.9 Å². The van der Waals surface area contributed by atoms with E-state index in [9.17, 15) is 18.8 Å². The van der Waals surface area contributed by atoms with E-state index in [0.717, 1.165) is 6.07 Å². The Bertz CT molecular complexity index is 604. The minimum atomic E-state index is -1.26. The summed E-state index contributed by atoms with van der Waals surface area (Å²) in [7, 11) is 1.36. The zero-order chi connectivity index (χ0) is 17.6. The maximum Gasteiger partial charge on any atom is 0.341 e. The fourth-order valence-electron chi connectivity index (χ4n) is 1.58. The van der Waals surface area contributed by atoms with Crippen LogP contribution in [-0.2, 0) is 9.53 Å². The minimum Gasteiger partial charge on any atom is -0.497 e. The van der Waals surface area contributed by atoms with E-state index in [1.54, 1.807) is 13.8 Å². The van der Waals surface area contributed by atoms with E-state index >= 15 is 0 Å². The van der Waals surface area contributed by atoms with Gasteiger partial charge in [-0.15, -0.1) is 0 Å². The van der Waals surface area contributed by atoms with Crippen LogP contribution in [-0.4, -0.2) is 37.2 Å². The molecule has 0 aliphatic carbocycles. The Hall–Kier alpha value is -2.64. The van der Waals surface area contributed by atoms with Crippen LogP contribution in [0, 0.1) is 5.82 Å². The molecule has 3 amide bonds. The largest absolute Gasteiger partial charge is 0.497 e. The maximum absolute atomic E-state index is 13.7. The molecule has 8 heteroatoms. The molecule has 0 aromatic heterocycles. The molecule has 0 bridgehead atoms. The topological polar surface area (TPSA) is 93.7 Å². The molecule has 2 N–H and O–H groups in total. The van der Waals surface area contributed by atoms with Crippen molar-refractivity contribution in [2.24, 2.45) is 0 Å². The molecule has 0 saturated heterocycles. The van der Waals surface area contributed by atoms with Crippen LogP contribution in [0.3, 0.4) is 0 Å². The number of hydrogen-bond acceptors (Lipinski definition) is 5. The Morgan fingerprint density at radius 3 is 2.35 bits per heavy atom. The summed E-state index contributed by atoms with van der Waals surface area (Å²) in [5, 5.41) is 4.47. The maximum atomic E-state index is 13.7. The van der Waals surface area contributed by atoms with Gasteiger partial charge in [-0.05, 0) is 32.9 Å². The second-order valence-electron chi connectivity index (χ2n) is 5.01. The Morgan fingerprint density at radius 2 is 1.83 bits per heavy atom. The highest BCUT2D eigenvalue weighted by molar-refractivity contribution is 5.98. The van der Waals surface area contributed by atoms with Gasteiger partial charge in [-0.25, -0.2) is 14.0 Å². The van der Waals surface area contributed by atoms with Crippen LogP contribution in [0.15, 0.2) is 18.2 Å². The number of urea groups is 1. The monoisotopic (exact) mass is 326 g/mol. The Balaban J connectivity index is 2.66. The van der Waals surface area contributed by atoms with Crippen molar-refractivity contribution in [1.82, 2.24) is 10.6 Å². The Labute approximate surface area is 133 Å². The third kappa shape index (κ3) is 5.57. The van der Waals surface area contributed by atoms with Gasteiger partial charge >= 0.3 is 12.0 Å². The zero-order valence-electron chi connectivity index (χ0n) is 13.3. The summed E-state index contributed by atoms with van der Waals surface area (Å²) >= 11 is 0. The highest BCUT2D eigenvalue weighted by atomic mass is 19.1. The van der Waals surface area contributed by atoms with Gasteiger partial charge in [0.15, 0.2) is 6.10 Å². The zero-order valence-corrected chi connectivity index (χ0v) is 13.3. The second-order valence-corrected chi connectivity index (χ2v) is 5.01. The van der Waals surface area contributed by atoms with Gasteiger partial charge in [0, 0.05) is 12.1 Å². The summed E-state index contributed by atoms with van der Waals surface area (Å²) in [6.07, 6.45) is -1.26. The van der Waals surface area contributed by atoms with Crippen LogP contribution in [0.2, 0.25) is 0 Å². The van der Waals surface area contributed by atoms with Gasteiger partial charge in [0.2, 0.25) is 0 Å². The lowest BCUT2D eigenvalue weighted by atomic mass is 10.2. The van der Waals surface area contributed by atoms with Gasteiger partial charge < -0.3 is 14.8 Å². The average molecular weight is 326 g/mol. The standard InChI is InChI=1S/C15H19FN2O5/c1-8(2)17-15(21)18-13(19)9(3)23-14(20)11-6-5-10(22-4)7-12(11)16/h5-9H,1-4H3,(H2,17,18,19,21)/t9-/m1/s1. The van der Waals surface area contributed by atoms with Gasteiger partial charge in [-0.3, -0.25) is 10.1 Å². The number of esters is 1. The van der Waals surface area contributed by atoms with Crippen molar-refractivity contribution in [2.75, 3.05) is 7.11 Å². The molecule has 1 atom stereocenters. The third-order valence-electron chi connectivity index (χ3n) is 2.71. The van der Waals surface area contributed by atoms with E-state index in [-0.39, 0.29) is 17.4 Å². The molecule has 0 unspecified atom stereocenters. The van der Waals surface area contributed by atoms with E-state index in [4.69, 9.17) is 9.47 Å². The molecule has 1 rings (SSSR count). The molecule has 0 saturated carbocycles. The van der Waals surface area contributed by atoms with Crippen molar-refractivity contribution < 1.29 is 28.2 Å². The first-order chi connectivity index (χ1) is 10.7. The van der Waals surface area contributed by atoms with E-state index < -0.39 is 29.8 Å². The van der Waals surface area contributed by atoms with Crippen molar-refractivity contribution in [3.05, 3.63) is 29.6 Å². The van der Waals surface area contributed by atoms with Crippen LogP contribution in [0.25, 0.3) is 0 Å². The summed E-state index contributed by atoms with van der Waals surface area (Å²) < 4.78 is 23.4. The van der Waals surface area contributed by atoms with Crippen molar-refractivity contribution in [2.45, 2.75) is 32.9 Å². The lowest BCUT2D eigenvalue weighted by molar-refractivity contribution is -0.127. The molecule has 0 heterocycles. The number of rotatable bonds is 5. The van der Waals surface area contributed by atoms with Gasteiger partial charge in [0.25, 0.3) is 5.91 Å². The van der Waals surface area contributed by atoms with Crippen molar-refractivity contribution in [1.29, 1.82) is 0 Å². The summed E-state index contributed by atoms with van der Waals surface area (Å²) in [6.45, 7) is 4.72. The van der Waals surface area contributed by atoms with Gasteiger partial charge in [0.05, 0.1) is 12.7 Å². The lowest BCUT2D eigenvalue weighted by Crippen LogP contribution is -2.46. The number of methoxy groups -OCH3 is 1. The lowest BCUT2D eigenvalue weighted by Gasteiger charge is -2.14. The van der Waals surface area contributed by atoms with Gasteiger partial charge in [0.1, 0.15) is 11.6 Å². The predicted octanol–water partition coefficient (Wildman–Crippen LogP) is 1.61. The quantitative estimate of drug-likeness (QED) is 0.802. The molecular weight excluding hydrogens is 307 g/mol. The predicted molar refractivity (Wildman–Crippen MR) is 79.6 cm³/mol. The van der Waals surface area contributed by atoms with Crippen LogP contribution in [0.5, 0.6) is 5.75 Å². The van der Waals surface area contributed by atoms with E-state index in [1.807, 2.05) is 5.32 Å². The number of hydrogen-bond donors (Lipinski definition) is 2. The Morgan fingerprint density at radius 1 is 1.17 bits per heavy atom. The SMILES string of the molecule is COc1ccc(C(=O)O[C@H](C)C(=O)NC(=O)NC(C)C)c(F)c1. The fourth-order valence-corrected chi connectivity index (χ4v) is 1.58. The molecule has 0 aliphatic heterocycles. The number of carbonyl (C=O) groups is 3. The van der Waals surface area contributed by atoms with Gasteiger partial charge in [-0.1, -0.05) is 0 Å².